The van der Waals surface area contributed by atoms with Crippen molar-refractivity contribution < 1.29 is 9.84 Å². The molecular formula is C10H21NO2. The SMILES string of the molecule is CCCCN1CC(O)CC1COC. The lowest BCUT2D eigenvalue weighted by atomic mass is 10.2. The number of β-amino-alcohol motifs (C(OH)–C–C–N with tert-alkyl or cyclic N) is 1. The normalized spacial score (nSPS) is 29.8. The molecule has 0 bridgehead atoms. The summed E-state index contributed by atoms with van der Waals surface area (Å²) < 4.78 is 5.13. The number of hydrogen-bond donors (Lipinski definition) is 1. The Morgan fingerprint density at radius 1 is 1.54 bits per heavy atom. The van der Waals surface area contributed by atoms with Gasteiger partial charge in [-0.05, 0) is 19.4 Å². The minimum atomic E-state index is -0.142. The maximum absolute atomic E-state index is 9.50. The molecule has 1 aliphatic heterocycles. The molecule has 1 saturated heterocycles. The number of aliphatic hydroxyl groups excluding tert-OH is 1. The molecule has 0 radical (unpaired) electrons. The molecule has 13 heavy (non-hydrogen) atoms. The van der Waals surface area contributed by atoms with Crippen molar-refractivity contribution in [2.24, 2.45) is 0 Å². The van der Waals surface area contributed by atoms with Crippen molar-refractivity contribution in [1.82, 2.24) is 4.90 Å². The molecule has 1 N–H and O–H groups in total. The monoisotopic (exact) mass is 187 g/mol. The predicted molar refractivity (Wildman–Crippen MR) is 52.8 cm³/mol. The van der Waals surface area contributed by atoms with E-state index in [1.807, 2.05) is 0 Å². The second-order valence-corrected chi connectivity index (χ2v) is 3.85. The summed E-state index contributed by atoms with van der Waals surface area (Å²) in [6.07, 6.45) is 3.16. The maximum Gasteiger partial charge on any atom is 0.0683 e. The van der Waals surface area contributed by atoms with E-state index < -0.39 is 0 Å². The Morgan fingerprint density at radius 3 is 2.92 bits per heavy atom. The molecule has 2 unspecified atom stereocenters. The van der Waals surface area contributed by atoms with E-state index in [2.05, 4.69) is 11.8 Å². The number of aliphatic hydroxyl groups is 1. The second kappa shape index (κ2) is 5.58. The number of methoxy groups -OCH3 is 1. The summed E-state index contributed by atoms with van der Waals surface area (Å²) in [4.78, 5) is 2.34. The second-order valence-electron chi connectivity index (χ2n) is 3.85. The minimum Gasteiger partial charge on any atom is -0.392 e. The van der Waals surface area contributed by atoms with Gasteiger partial charge in [0.05, 0.1) is 12.7 Å². The van der Waals surface area contributed by atoms with Gasteiger partial charge in [0.15, 0.2) is 0 Å². The summed E-state index contributed by atoms with van der Waals surface area (Å²) in [5.41, 5.74) is 0. The standard InChI is InChI=1S/C10H21NO2/c1-3-4-5-11-7-10(12)6-9(11)8-13-2/h9-10,12H,3-8H2,1-2H3. The van der Waals surface area contributed by atoms with E-state index in [1.54, 1.807) is 7.11 Å². The van der Waals surface area contributed by atoms with Gasteiger partial charge < -0.3 is 9.84 Å². The van der Waals surface area contributed by atoms with E-state index in [0.717, 1.165) is 26.1 Å². The number of likely N-dealkylation sites (tertiary alicyclic amines) is 1. The first-order chi connectivity index (χ1) is 6.27. The van der Waals surface area contributed by atoms with Crippen LogP contribution in [0.15, 0.2) is 0 Å². The molecule has 0 aromatic rings. The summed E-state index contributed by atoms with van der Waals surface area (Å²) in [5.74, 6) is 0. The van der Waals surface area contributed by atoms with Gasteiger partial charge in [0.1, 0.15) is 0 Å². The molecule has 0 saturated carbocycles. The third-order valence-electron chi connectivity index (χ3n) is 2.66. The smallest absolute Gasteiger partial charge is 0.0683 e. The maximum atomic E-state index is 9.50. The van der Waals surface area contributed by atoms with E-state index in [-0.39, 0.29) is 6.10 Å². The van der Waals surface area contributed by atoms with Crippen LogP contribution in [0.3, 0.4) is 0 Å². The van der Waals surface area contributed by atoms with Gasteiger partial charge in [-0.2, -0.15) is 0 Å². The molecule has 2 atom stereocenters. The van der Waals surface area contributed by atoms with Crippen molar-refractivity contribution in [3.05, 3.63) is 0 Å². The fraction of sp³-hybridized carbons (Fsp3) is 1.00. The fourth-order valence-corrected chi connectivity index (χ4v) is 1.96. The highest BCUT2D eigenvalue weighted by Gasteiger charge is 2.29. The summed E-state index contributed by atoms with van der Waals surface area (Å²) in [6.45, 7) is 4.87. The van der Waals surface area contributed by atoms with Crippen molar-refractivity contribution in [1.29, 1.82) is 0 Å². The highest BCUT2D eigenvalue weighted by Crippen LogP contribution is 2.18. The largest absolute Gasteiger partial charge is 0.392 e. The highest BCUT2D eigenvalue weighted by atomic mass is 16.5. The number of hydrogen-bond acceptors (Lipinski definition) is 3. The van der Waals surface area contributed by atoms with Crippen LogP contribution in [0, 0.1) is 0 Å². The molecule has 0 aliphatic carbocycles. The zero-order valence-corrected chi connectivity index (χ0v) is 8.70. The van der Waals surface area contributed by atoms with Gasteiger partial charge in [0.25, 0.3) is 0 Å². The average molecular weight is 187 g/mol. The Balaban J connectivity index is 2.31. The number of unbranched alkanes of at least 4 members (excludes halogenated alkanes) is 1. The Hall–Kier alpha value is -0.120. The molecule has 0 amide bonds. The molecule has 0 spiro atoms. The number of nitrogens with zero attached hydrogens (tertiary/aromatic N) is 1. The lowest BCUT2D eigenvalue weighted by Crippen LogP contribution is -2.33. The predicted octanol–water partition coefficient (Wildman–Crippen LogP) is 0.868. The molecule has 1 aliphatic rings. The van der Waals surface area contributed by atoms with Gasteiger partial charge in [0, 0.05) is 19.7 Å². The lowest BCUT2D eigenvalue weighted by Gasteiger charge is -2.22. The van der Waals surface area contributed by atoms with Crippen molar-refractivity contribution in [2.75, 3.05) is 26.8 Å². The number of ether oxygens (including phenoxy) is 1. The first-order valence-corrected chi connectivity index (χ1v) is 5.19. The Morgan fingerprint density at radius 2 is 2.31 bits per heavy atom. The first kappa shape index (κ1) is 11.0. The molecule has 78 valence electrons. The zero-order chi connectivity index (χ0) is 9.68. The molecule has 1 fully saturated rings. The Labute approximate surface area is 80.7 Å². The van der Waals surface area contributed by atoms with E-state index in [1.165, 1.54) is 12.8 Å². The zero-order valence-electron chi connectivity index (χ0n) is 8.70. The van der Waals surface area contributed by atoms with Crippen LogP contribution in [0.25, 0.3) is 0 Å². The highest BCUT2D eigenvalue weighted by molar-refractivity contribution is 4.84. The van der Waals surface area contributed by atoms with Gasteiger partial charge in [-0.15, -0.1) is 0 Å². The van der Waals surface area contributed by atoms with Crippen LogP contribution < -0.4 is 0 Å². The van der Waals surface area contributed by atoms with E-state index >= 15 is 0 Å². The van der Waals surface area contributed by atoms with Crippen LogP contribution in [0.4, 0.5) is 0 Å². The van der Waals surface area contributed by atoms with Crippen LogP contribution >= 0.6 is 0 Å². The summed E-state index contributed by atoms with van der Waals surface area (Å²) in [7, 11) is 1.72. The van der Waals surface area contributed by atoms with Crippen LogP contribution in [0.2, 0.25) is 0 Å². The van der Waals surface area contributed by atoms with Gasteiger partial charge in [-0.3, -0.25) is 4.90 Å². The lowest BCUT2D eigenvalue weighted by molar-refractivity contribution is 0.114. The van der Waals surface area contributed by atoms with Crippen molar-refractivity contribution in [2.45, 2.75) is 38.3 Å². The summed E-state index contributed by atoms with van der Waals surface area (Å²) in [5, 5.41) is 9.50. The molecule has 0 aromatic heterocycles. The topological polar surface area (TPSA) is 32.7 Å². The van der Waals surface area contributed by atoms with Gasteiger partial charge in [-0.1, -0.05) is 13.3 Å². The Kier molecular flexibility index (Phi) is 4.70. The van der Waals surface area contributed by atoms with Crippen LogP contribution in [0.1, 0.15) is 26.2 Å². The van der Waals surface area contributed by atoms with Gasteiger partial charge >= 0.3 is 0 Å². The molecule has 3 nitrogen and oxygen atoms in total. The average Bonchev–Trinajstić information content (AvgIpc) is 2.44. The van der Waals surface area contributed by atoms with Crippen LogP contribution in [-0.4, -0.2) is 49.0 Å². The van der Waals surface area contributed by atoms with Gasteiger partial charge in [-0.25, -0.2) is 0 Å². The molecule has 3 heteroatoms. The van der Waals surface area contributed by atoms with E-state index in [4.69, 9.17) is 4.74 Å². The first-order valence-electron chi connectivity index (χ1n) is 5.19. The van der Waals surface area contributed by atoms with Crippen molar-refractivity contribution in [3.63, 3.8) is 0 Å². The summed E-state index contributed by atoms with van der Waals surface area (Å²) in [6, 6.07) is 0.437. The molecule has 0 aromatic carbocycles. The van der Waals surface area contributed by atoms with Crippen LogP contribution in [0.5, 0.6) is 0 Å². The quantitative estimate of drug-likeness (QED) is 0.693. The molecule has 1 heterocycles. The minimum absolute atomic E-state index is 0.142. The Bertz CT molecular complexity index is 141. The number of rotatable bonds is 5. The fourth-order valence-electron chi connectivity index (χ4n) is 1.96. The summed E-state index contributed by atoms with van der Waals surface area (Å²) >= 11 is 0. The van der Waals surface area contributed by atoms with Gasteiger partial charge in [0.2, 0.25) is 0 Å². The van der Waals surface area contributed by atoms with Crippen molar-refractivity contribution >= 4 is 0 Å². The molecule has 1 rings (SSSR count). The van der Waals surface area contributed by atoms with Crippen LogP contribution in [-0.2, 0) is 4.74 Å². The third-order valence-corrected chi connectivity index (χ3v) is 2.66. The van der Waals surface area contributed by atoms with E-state index in [0.29, 0.717) is 6.04 Å². The molecular weight excluding hydrogens is 166 g/mol. The van der Waals surface area contributed by atoms with Crippen molar-refractivity contribution in [3.8, 4) is 0 Å². The van der Waals surface area contributed by atoms with E-state index in [9.17, 15) is 5.11 Å². The third kappa shape index (κ3) is 3.25.